The van der Waals surface area contributed by atoms with E-state index in [0.29, 0.717) is 38.6 Å². The van der Waals surface area contributed by atoms with Crippen molar-refractivity contribution >= 4 is 33.1 Å². The van der Waals surface area contributed by atoms with Gasteiger partial charge >= 0.3 is 0 Å². The Balaban J connectivity index is 1.36. The molecule has 1 amide bonds. The number of thiophene rings is 1. The number of hydrogen-bond donors (Lipinski definition) is 1. The van der Waals surface area contributed by atoms with E-state index in [4.69, 9.17) is 4.74 Å². The maximum Gasteiger partial charge on any atom is 0.266 e. The van der Waals surface area contributed by atoms with Gasteiger partial charge in [0.25, 0.3) is 11.5 Å². The summed E-state index contributed by atoms with van der Waals surface area (Å²) in [5, 5.41) is 3.47. The summed E-state index contributed by atoms with van der Waals surface area (Å²) in [5.41, 5.74) is 2.48. The molecule has 4 aromatic rings. The molecule has 0 bridgehead atoms. The normalized spacial score (nSPS) is 12.7. The van der Waals surface area contributed by atoms with Crippen LogP contribution in [0, 0.1) is 13.8 Å². The molecule has 7 heteroatoms. The van der Waals surface area contributed by atoms with Gasteiger partial charge in [0, 0.05) is 18.7 Å². The van der Waals surface area contributed by atoms with Crippen LogP contribution in [0.3, 0.4) is 0 Å². The van der Waals surface area contributed by atoms with Crippen molar-refractivity contribution < 1.29 is 9.53 Å². The third-order valence-electron chi connectivity index (χ3n) is 5.49. The van der Waals surface area contributed by atoms with Gasteiger partial charge in [-0.1, -0.05) is 17.7 Å². The lowest BCUT2D eigenvalue weighted by Gasteiger charge is -2.08. The van der Waals surface area contributed by atoms with Gasteiger partial charge < -0.3 is 10.1 Å². The smallest absolute Gasteiger partial charge is 0.266 e. The number of aryl methyl sites for hydroxylation is 3. The fraction of sp³-hybridized carbons (Fsp3) is 0.208. The third-order valence-corrected chi connectivity index (χ3v) is 6.67. The summed E-state index contributed by atoms with van der Waals surface area (Å²) in [4.78, 5) is 31.5. The van der Waals surface area contributed by atoms with Gasteiger partial charge in [-0.3, -0.25) is 14.2 Å². The molecule has 0 aliphatic carbocycles. The van der Waals surface area contributed by atoms with E-state index in [1.54, 1.807) is 16.7 Å². The van der Waals surface area contributed by atoms with Crippen molar-refractivity contribution in [2.24, 2.45) is 0 Å². The molecular weight excluding hydrogens is 410 g/mol. The molecule has 31 heavy (non-hydrogen) atoms. The number of benzene rings is 2. The van der Waals surface area contributed by atoms with Crippen LogP contribution in [0.15, 0.2) is 53.3 Å². The van der Waals surface area contributed by atoms with Crippen LogP contribution in [0.25, 0.3) is 10.2 Å². The molecule has 2 aromatic heterocycles. The monoisotopic (exact) mass is 431 g/mol. The first-order valence-corrected chi connectivity index (χ1v) is 11.0. The van der Waals surface area contributed by atoms with Gasteiger partial charge in [-0.2, -0.15) is 0 Å². The van der Waals surface area contributed by atoms with Gasteiger partial charge in [0.1, 0.15) is 22.2 Å². The maximum atomic E-state index is 12.9. The topological polar surface area (TPSA) is 73.2 Å². The first kappa shape index (κ1) is 19.5. The Hall–Kier alpha value is -3.45. The molecule has 156 valence electrons. The second kappa shape index (κ2) is 7.67. The number of rotatable bonds is 4. The average Bonchev–Trinajstić information content (AvgIpc) is 3.36. The van der Waals surface area contributed by atoms with Crippen molar-refractivity contribution in [1.82, 2.24) is 9.55 Å². The van der Waals surface area contributed by atoms with Crippen molar-refractivity contribution in [3.05, 3.63) is 80.7 Å². The number of aromatic nitrogens is 2. The van der Waals surface area contributed by atoms with Gasteiger partial charge in [-0.05, 0) is 62.2 Å². The summed E-state index contributed by atoms with van der Waals surface area (Å²) in [6.07, 6.45) is 1.75. The predicted molar refractivity (Wildman–Crippen MR) is 123 cm³/mol. The largest absolute Gasteiger partial charge is 0.457 e. The quantitative estimate of drug-likeness (QED) is 0.490. The van der Waals surface area contributed by atoms with Gasteiger partial charge in [0.15, 0.2) is 0 Å². The Kier molecular flexibility index (Phi) is 4.82. The Morgan fingerprint density at radius 1 is 1.06 bits per heavy atom. The van der Waals surface area contributed by atoms with E-state index in [-0.39, 0.29) is 11.5 Å². The van der Waals surface area contributed by atoms with E-state index >= 15 is 0 Å². The molecule has 1 aliphatic rings. The van der Waals surface area contributed by atoms with Gasteiger partial charge in [0.2, 0.25) is 0 Å². The third kappa shape index (κ3) is 3.61. The highest BCUT2D eigenvalue weighted by molar-refractivity contribution is 7.20. The zero-order valence-electron chi connectivity index (χ0n) is 17.3. The fourth-order valence-electron chi connectivity index (χ4n) is 3.83. The number of anilines is 1. The summed E-state index contributed by atoms with van der Waals surface area (Å²) >= 11 is 1.28. The first-order chi connectivity index (χ1) is 15.0. The highest BCUT2D eigenvalue weighted by Gasteiger charge is 2.23. The second-order valence-electron chi connectivity index (χ2n) is 7.72. The number of nitrogens with one attached hydrogen (secondary N) is 1. The summed E-state index contributed by atoms with van der Waals surface area (Å²) in [6.45, 7) is 4.54. The van der Waals surface area contributed by atoms with Crippen LogP contribution in [0.5, 0.6) is 11.5 Å². The van der Waals surface area contributed by atoms with E-state index in [0.717, 1.165) is 24.4 Å². The van der Waals surface area contributed by atoms with Crippen molar-refractivity contribution in [1.29, 1.82) is 0 Å². The number of nitrogens with zero attached hydrogens (tertiary/aromatic N) is 2. The molecule has 3 heterocycles. The van der Waals surface area contributed by atoms with Gasteiger partial charge in [-0.15, -0.1) is 11.3 Å². The van der Waals surface area contributed by atoms with E-state index < -0.39 is 0 Å². The average molecular weight is 432 g/mol. The van der Waals surface area contributed by atoms with E-state index in [9.17, 15) is 9.59 Å². The van der Waals surface area contributed by atoms with Gasteiger partial charge in [0.05, 0.1) is 10.3 Å². The van der Waals surface area contributed by atoms with Gasteiger partial charge in [-0.25, -0.2) is 4.98 Å². The van der Waals surface area contributed by atoms with Crippen molar-refractivity contribution in [2.45, 2.75) is 33.2 Å². The van der Waals surface area contributed by atoms with Crippen LogP contribution in [-0.2, 0) is 13.0 Å². The number of ether oxygens (including phenoxy) is 1. The lowest BCUT2D eigenvalue weighted by Crippen LogP contribution is -2.20. The van der Waals surface area contributed by atoms with Crippen molar-refractivity contribution in [3.63, 3.8) is 0 Å². The van der Waals surface area contributed by atoms with Crippen LogP contribution in [0.4, 0.5) is 5.69 Å². The molecule has 0 saturated carbocycles. The van der Waals surface area contributed by atoms with Crippen LogP contribution >= 0.6 is 11.3 Å². The molecule has 2 aromatic carbocycles. The lowest BCUT2D eigenvalue weighted by atomic mass is 10.2. The number of fused-ring (bicyclic) bond motifs is 2. The minimum absolute atomic E-state index is 0.0390. The fourth-order valence-corrected chi connectivity index (χ4v) is 4.91. The Morgan fingerprint density at radius 2 is 1.74 bits per heavy atom. The van der Waals surface area contributed by atoms with Crippen LogP contribution < -0.4 is 15.6 Å². The number of amides is 1. The summed E-state index contributed by atoms with van der Waals surface area (Å²) < 4.78 is 7.57. The minimum atomic E-state index is -0.239. The SMILES string of the molecule is Cc1ccc(Oc2ccc(NC(=O)c3sc4nc5n(c(=O)c4c3C)CCC5)cc2)cc1. The zero-order chi connectivity index (χ0) is 21.5. The van der Waals surface area contributed by atoms with Crippen LogP contribution in [0.1, 0.15) is 33.0 Å². The summed E-state index contributed by atoms with van der Waals surface area (Å²) in [5.74, 6) is 2.02. The molecule has 0 unspecified atom stereocenters. The standard InChI is InChI=1S/C24H21N3O3S/c1-14-5-9-17(10-6-14)30-18-11-7-16(8-12-18)25-22(28)21-15(2)20-23(31-21)26-19-4-3-13-27(19)24(20)29/h5-12H,3-4,13H2,1-2H3,(H,25,28). The highest BCUT2D eigenvalue weighted by Crippen LogP contribution is 2.30. The van der Waals surface area contributed by atoms with E-state index in [2.05, 4.69) is 10.3 Å². The van der Waals surface area contributed by atoms with Crippen molar-refractivity contribution in [3.8, 4) is 11.5 Å². The Bertz CT molecular complexity index is 1350. The Labute approximate surface area is 183 Å². The predicted octanol–water partition coefficient (Wildman–Crippen LogP) is 5.07. The molecule has 1 N–H and O–H groups in total. The molecule has 6 nitrogen and oxygen atoms in total. The molecule has 1 aliphatic heterocycles. The lowest BCUT2D eigenvalue weighted by molar-refractivity contribution is 0.103. The van der Waals surface area contributed by atoms with Crippen LogP contribution in [-0.4, -0.2) is 15.5 Å². The van der Waals surface area contributed by atoms with E-state index in [1.807, 2.05) is 50.2 Å². The molecule has 5 rings (SSSR count). The minimum Gasteiger partial charge on any atom is -0.457 e. The first-order valence-electron chi connectivity index (χ1n) is 10.2. The molecule has 0 radical (unpaired) electrons. The highest BCUT2D eigenvalue weighted by atomic mass is 32.1. The zero-order valence-corrected chi connectivity index (χ0v) is 18.1. The summed E-state index contributed by atoms with van der Waals surface area (Å²) in [6, 6.07) is 15.0. The Morgan fingerprint density at radius 3 is 2.45 bits per heavy atom. The molecular formula is C24H21N3O3S. The van der Waals surface area contributed by atoms with Crippen LogP contribution in [0.2, 0.25) is 0 Å². The molecule has 0 saturated heterocycles. The number of carbonyl (C=O) groups is 1. The van der Waals surface area contributed by atoms with Crippen molar-refractivity contribution in [2.75, 3.05) is 5.32 Å². The molecule has 0 atom stereocenters. The van der Waals surface area contributed by atoms with E-state index in [1.165, 1.54) is 16.9 Å². The number of carbonyl (C=O) groups excluding carboxylic acids is 1. The molecule has 0 fully saturated rings. The maximum absolute atomic E-state index is 12.9. The number of hydrogen-bond acceptors (Lipinski definition) is 5. The molecule has 0 spiro atoms. The summed E-state index contributed by atoms with van der Waals surface area (Å²) in [7, 11) is 0. The second-order valence-corrected chi connectivity index (χ2v) is 8.72.